The molecule has 1 aliphatic heterocycles. The van der Waals surface area contributed by atoms with Gasteiger partial charge in [-0.3, -0.25) is 0 Å². The Morgan fingerprint density at radius 1 is 0.952 bits per heavy atom. The highest BCUT2D eigenvalue weighted by Gasteiger charge is 2.21. The zero-order valence-corrected chi connectivity index (χ0v) is 11.6. The summed E-state index contributed by atoms with van der Waals surface area (Å²) in [7, 11) is 0. The number of aromatic nitrogens is 1. The summed E-state index contributed by atoms with van der Waals surface area (Å²) in [5.74, 6) is -0.189. The Kier molecular flexibility index (Phi) is 2.88. The first kappa shape index (κ1) is 12.4. The van der Waals surface area contributed by atoms with Gasteiger partial charge in [-0.05, 0) is 60.4 Å². The molecule has 0 aliphatic carbocycles. The largest absolute Gasteiger partial charge is 0.344 e. The molecule has 2 heterocycles. The highest BCUT2D eigenvalue weighted by molar-refractivity contribution is 5.75. The number of benzene rings is 2. The Morgan fingerprint density at radius 2 is 1.71 bits per heavy atom. The van der Waals surface area contributed by atoms with Gasteiger partial charge in [0.05, 0.1) is 0 Å². The molecule has 0 amide bonds. The quantitative estimate of drug-likeness (QED) is 0.639. The van der Waals surface area contributed by atoms with Gasteiger partial charge in [0.1, 0.15) is 5.82 Å². The van der Waals surface area contributed by atoms with Crippen LogP contribution < -0.4 is 0 Å². The fourth-order valence-electron chi connectivity index (χ4n) is 3.19. The van der Waals surface area contributed by atoms with Crippen molar-refractivity contribution < 1.29 is 4.39 Å². The minimum absolute atomic E-state index is 0.189. The average molecular weight is 276 g/mol. The van der Waals surface area contributed by atoms with Crippen molar-refractivity contribution in [2.45, 2.75) is 19.4 Å². The predicted octanol–water partition coefficient (Wildman–Crippen LogP) is 4.71. The Hall–Kier alpha value is -2.35. The van der Waals surface area contributed by atoms with E-state index in [0.717, 1.165) is 18.5 Å². The molecule has 21 heavy (non-hydrogen) atoms. The second-order valence-corrected chi connectivity index (χ2v) is 5.44. The summed E-state index contributed by atoms with van der Waals surface area (Å²) < 4.78 is 15.5. The molecule has 2 heteroatoms. The van der Waals surface area contributed by atoms with Gasteiger partial charge < -0.3 is 4.57 Å². The van der Waals surface area contributed by atoms with E-state index in [9.17, 15) is 4.39 Å². The van der Waals surface area contributed by atoms with Crippen molar-refractivity contribution in [1.29, 1.82) is 0 Å². The van der Waals surface area contributed by atoms with E-state index in [1.807, 2.05) is 24.3 Å². The minimum Gasteiger partial charge on any atom is -0.344 e. The van der Waals surface area contributed by atoms with Crippen LogP contribution in [0.15, 0.2) is 54.6 Å². The molecule has 0 bridgehead atoms. The molecule has 103 valence electrons. The first-order valence-corrected chi connectivity index (χ1v) is 7.28. The lowest BCUT2D eigenvalue weighted by molar-refractivity contribution is 0.628. The number of nitrogens with zero attached hydrogens (tertiary/aromatic N) is 1. The minimum atomic E-state index is -0.189. The van der Waals surface area contributed by atoms with Gasteiger partial charge in [-0.15, -0.1) is 0 Å². The maximum absolute atomic E-state index is 13.1. The van der Waals surface area contributed by atoms with Gasteiger partial charge in [0.15, 0.2) is 0 Å². The molecular weight excluding hydrogens is 261 g/mol. The van der Waals surface area contributed by atoms with Gasteiger partial charge in [-0.1, -0.05) is 24.3 Å². The molecule has 0 saturated carbocycles. The van der Waals surface area contributed by atoms with Crippen LogP contribution in [0.5, 0.6) is 0 Å². The van der Waals surface area contributed by atoms with E-state index in [1.54, 1.807) is 0 Å². The SMILES string of the molecule is Fc1ccc(-c2cc(-c3cc[c]cc3)c3n2CCC3)cc1. The third-order valence-corrected chi connectivity index (χ3v) is 4.17. The van der Waals surface area contributed by atoms with Crippen molar-refractivity contribution in [2.24, 2.45) is 0 Å². The summed E-state index contributed by atoms with van der Waals surface area (Å²) in [6, 6.07) is 20.2. The maximum atomic E-state index is 13.1. The van der Waals surface area contributed by atoms with E-state index in [0.29, 0.717) is 0 Å². The van der Waals surface area contributed by atoms with E-state index in [-0.39, 0.29) is 5.82 Å². The average Bonchev–Trinajstić information content (AvgIpc) is 3.11. The summed E-state index contributed by atoms with van der Waals surface area (Å²) >= 11 is 0. The molecule has 1 aliphatic rings. The number of hydrogen-bond acceptors (Lipinski definition) is 0. The van der Waals surface area contributed by atoms with E-state index in [2.05, 4.69) is 28.8 Å². The zero-order valence-electron chi connectivity index (χ0n) is 11.6. The Bertz CT molecular complexity index is 769. The molecule has 1 radical (unpaired) electrons. The molecule has 0 N–H and O–H groups in total. The highest BCUT2D eigenvalue weighted by atomic mass is 19.1. The maximum Gasteiger partial charge on any atom is 0.123 e. The molecule has 1 nitrogen and oxygen atoms in total. The van der Waals surface area contributed by atoms with Crippen LogP contribution >= 0.6 is 0 Å². The molecule has 0 atom stereocenters. The fraction of sp³-hybridized carbons (Fsp3) is 0.158. The Balaban J connectivity index is 1.88. The van der Waals surface area contributed by atoms with Gasteiger partial charge in [0.2, 0.25) is 0 Å². The number of hydrogen-bond donors (Lipinski definition) is 0. The third-order valence-electron chi connectivity index (χ3n) is 4.17. The van der Waals surface area contributed by atoms with Crippen LogP contribution in [0.1, 0.15) is 12.1 Å². The van der Waals surface area contributed by atoms with Crippen molar-refractivity contribution in [3.8, 4) is 22.4 Å². The molecule has 3 aromatic rings. The van der Waals surface area contributed by atoms with Crippen molar-refractivity contribution in [2.75, 3.05) is 0 Å². The number of halogens is 1. The van der Waals surface area contributed by atoms with Gasteiger partial charge in [-0.2, -0.15) is 0 Å². The number of fused-ring (bicyclic) bond motifs is 1. The summed E-state index contributed by atoms with van der Waals surface area (Å²) in [6.45, 7) is 1.04. The normalized spacial score (nSPS) is 13.4. The van der Waals surface area contributed by atoms with Crippen LogP contribution in [-0.2, 0) is 13.0 Å². The smallest absolute Gasteiger partial charge is 0.123 e. The fourth-order valence-corrected chi connectivity index (χ4v) is 3.19. The van der Waals surface area contributed by atoms with E-state index >= 15 is 0 Å². The molecule has 2 aromatic carbocycles. The van der Waals surface area contributed by atoms with Gasteiger partial charge >= 0.3 is 0 Å². The zero-order chi connectivity index (χ0) is 14.2. The molecular formula is C19H15FN. The van der Waals surface area contributed by atoms with Gasteiger partial charge in [0.25, 0.3) is 0 Å². The van der Waals surface area contributed by atoms with E-state index in [1.165, 1.54) is 41.1 Å². The first-order chi connectivity index (χ1) is 10.3. The molecule has 0 saturated heterocycles. The van der Waals surface area contributed by atoms with E-state index < -0.39 is 0 Å². The highest BCUT2D eigenvalue weighted by Crippen LogP contribution is 2.36. The summed E-state index contributed by atoms with van der Waals surface area (Å²) in [4.78, 5) is 0. The first-order valence-electron chi connectivity index (χ1n) is 7.28. The van der Waals surface area contributed by atoms with Crippen LogP contribution in [-0.4, -0.2) is 4.57 Å². The second kappa shape index (κ2) is 4.88. The van der Waals surface area contributed by atoms with Crippen LogP contribution in [0.25, 0.3) is 22.4 Å². The summed E-state index contributed by atoms with van der Waals surface area (Å²) in [5, 5.41) is 0. The predicted molar refractivity (Wildman–Crippen MR) is 82.4 cm³/mol. The topological polar surface area (TPSA) is 4.93 Å². The molecule has 0 unspecified atom stereocenters. The van der Waals surface area contributed by atoms with Crippen molar-refractivity contribution in [1.82, 2.24) is 4.57 Å². The van der Waals surface area contributed by atoms with Crippen molar-refractivity contribution >= 4 is 0 Å². The summed E-state index contributed by atoms with van der Waals surface area (Å²) in [5.41, 5.74) is 6.17. The Morgan fingerprint density at radius 3 is 2.48 bits per heavy atom. The van der Waals surface area contributed by atoms with Gasteiger partial charge in [-0.25, -0.2) is 4.39 Å². The second-order valence-electron chi connectivity index (χ2n) is 5.44. The third kappa shape index (κ3) is 2.07. The van der Waals surface area contributed by atoms with Crippen molar-refractivity contribution in [3.05, 3.63) is 72.2 Å². The lowest BCUT2D eigenvalue weighted by Gasteiger charge is -2.05. The molecule has 1 aromatic heterocycles. The lowest BCUT2D eigenvalue weighted by Crippen LogP contribution is -1.95. The van der Waals surface area contributed by atoms with Gasteiger partial charge in [0, 0.05) is 23.5 Å². The Labute approximate surface area is 123 Å². The number of rotatable bonds is 2. The van der Waals surface area contributed by atoms with Crippen LogP contribution in [0.2, 0.25) is 0 Å². The molecule has 4 rings (SSSR count). The van der Waals surface area contributed by atoms with E-state index in [4.69, 9.17) is 0 Å². The lowest BCUT2D eigenvalue weighted by atomic mass is 10.0. The summed E-state index contributed by atoms with van der Waals surface area (Å²) in [6.07, 6.45) is 2.28. The monoisotopic (exact) mass is 276 g/mol. The van der Waals surface area contributed by atoms with Crippen molar-refractivity contribution in [3.63, 3.8) is 0 Å². The van der Waals surface area contributed by atoms with Crippen LogP contribution in [0.3, 0.4) is 0 Å². The molecule has 0 spiro atoms. The van der Waals surface area contributed by atoms with Crippen LogP contribution in [0, 0.1) is 11.9 Å². The van der Waals surface area contributed by atoms with Crippen LogP contribution in [0.4, 0.5) is 4.39 Å². The standard InChI is InChI=1S/C19H15FN/c20-16-10-8-15(9-11-16)19-13-17(14-5-2-1-3-6-14)18-7-4-12-21(18)19/h2-3,5-6,8-11,13H,4,7,12H2. The molecule has 0 fully saturated rings.